The fourth-order valence-electron chi connectivity index (χ4n) is 2.36. The molecule has 0 N–H and O–H groups in total. The molecular formula is C16H23N3OS2. The first-order valence-electron chi connectivity index (χ1n) is 7.77. The predicted molar refractivity (Wildman–Crippen MR) is 94.7 cm³/mol. The Kier molecular flexibility index (Phi) is 6.64. The Morgan fingerprint density at radius 3 is 2.68 bits per heavy atom. The van der Waals surface area contributed by atoms with Gasteiger partial charge in [-0.05, 0) is 25.8 Å². The largest absolute Gasteiger partial charge is 0.343 e. The van der Waals surface area contributed by atoms with E-state index in [1.807, 2.05) is 4.90 Å². The van der Waals surface area contributed by atoms with Crippen LogP contribution in [0.25, 0.3) is 10.2 Å². The Bertz CT molecular complexity index is 621. The predicted octanol–water partition coefficient (Wildman–Crippen LogP) is 4.13. The van der Waals surface area contributed by atoms with E-state index in [1.54, 1.807) is 29.4 Å². The van der Waals surface area contributed by atoms with Gasteiger partial charge < -0.3 is 4.90 Å². The van der Waals surface area contributed by atoms with Gasteiger partial charge in [-0.3, -0.25) is 4.79 Å². The molecule has 120 valence electrons. The van der Waals surface area contributed by atoms with E-state index in [9.17, 15) is 4.79 Å². The molecule has 0 aromatic carbocycles. The minimum Gasteiger partial charge on any atom is -0.343 e. The number of rotatable bonds is 8. The summed E-state index contributed by atoms with van der Waals surface area (Å²) in [6, 6.07) is 2.13. The van der Waals surface area contributed by atoms with Gasteiger partial charge in [0.05, 0.1) is 0 Å². The number of thiophene rings is 1. The third-order valence-corrected chi connectivity index (χ3v) is 5.28. The molecule has 0 aliphatic heterocycles. The maximum Gasteiger partial charge on any atom is 0.223 e. The van der Waals surface area contributed by atoms with Crippen molar-refractivity contribution < 1.29 is 4.79 Å². The van der Waals surface area contributed by atoms with E-state index in [0.29, 0.717) is 6.42 Å². The molecular weight excluding hydrogens is 314 g/mol. The molecule has 0 radical (unpaired) electrons. The third-order valence-electron chi connectivity index (χ3n) is 3.31. The topological polar surface area (TPSA) is 46.1 Å². The number of fused-ring (bicyclic) bond motifs is 1. The number of hydrogen-bond donors (Lipinski definition) is 0. The summed E-state index contributed by atoms with van der Waals surface area (Å²) in [4.78, 5) is 25.2. The van der Waals surface area contributed by atoms with Crippen LogP contribution in [0.4, 0.5) is 0 Å². The first-order valence-corrected chi connectivity index (χ1v) is 9.57. The number of aromatic nitrogens is 2. The molecule has 2 rings (SSSR count). The van der Waals surface area contributed by atoms with Crippen molar-refractivity contribution in [1.82, 2.24) is 14.9 Å². The van der Waals surface area contributed by atoms with Crippen LogP contribution < -0.4 is 0 Å². The molecule has 22 heavy (non-hydrogen) atoms. The summed E-state index contributed by atoms with van der Waals surface area (Å²) in [6.45, 7) is 8.03. The van der Waals surface area contributed by atoms with Gasteiger partial charge in [0.25, 0.3) is 0 Å². The average molecular weight is 338 g/mol. The number of aryl methyl sites for hydroxylation is 1. The SMILES string of the molecule is CCCN(CCC)C(=O)CCSc1ncnc2sc(C)cc12. The van der Waals surface area contributed by atoms with Crippen molar-refractivity contribution >= 4 is 39.2 Å². The average Bonchev–Trinajstić information content (AvgIpc) is 2.88. The van der Waals surface area contributed by atoms with Crippen LogP contribution in [0.15, 0.2) is 17.4 Å². The van der Waals surface area contributed by atoms with Crippen molar-refractivity contribution in [2.24, 2.45) is 0 Å². The maximum atomic E-state index is 12.3. The lowest BCUT2D eigenvalue weighted by molar-refractivity contribution is -0.130. The zero-order valence-corrected chi connectivity index (χ0v) is 15.1. The number of hydrogen-bond acceptors (Lipinski definition) is 5. The van der Waals surface area contributed by atoms with Crippen LogP contribution in [0.5, 0.6) is 0 Å². The number of thioether (sulfide) groups is 1. The zero-order valence-electron chi connectivity index (χ0n) is 13.5. The van der Waals surface area contributed by atoms with Crippen molar-refractivity contribution in [2.45, 2.75) is 45.1 Å². The quantitative estimate of drug-likeness (QED) is 0.537. The van der Waals surface area contributed by atoms with E-state index >= 15 is 0 Å². The summed E-state index contributed by atoms with van der Waals surface area (Å²) < 4.78 is 0. The standard InChI is InChI=1S/C16H23N3OS2/c1-4-7-19(8-5-2)14(20)6-9-21-15-13-10-12(3)22-16(13)18-11-17-15/h10-11H,4-9H2,1-3H3. The normalized spacial score (nSPS) is 11.0. The molecule has 0 saturated heterocycles. The fraction of sp³-hybridized carbons (Fsp3) is 0.562. The van der Waals surface area contributed by atoms with Gasteiger partial charge in [0.2, 0.25) is 5.91 Å². The molecule has 0 aliphatic rings. The minimum absolute atomic E-state index is 0.253. The molecule has 6 heteroatoms. The smallest absolute Gasteiger partial charge is 0.223 e. The molecule has 0 fully saturated rings. The van der Waals surface area contributed by atoms with Gasteiger partial charge in [0.15, 0.2) is 0 Å². The van der Waals surface area contributed by atoms with Gasteiger partial charge in [-0.25, -0.2) is 9.97 Å². The Labute approximate surface area is 140 Å². The molecule has 4 nitrogen and oxygen atoms in total. The van der Waals surface area contributed by atoms with Crippen LogP contribution >= 0.6 is 23.1 Å². The second kappa shape index (κ2) is 8.48. The summed E-state index contributed by atoms with van der Waals surface area (Å²) in [6.07, 6.45) is 4.21. The molecule has 0 aliphatic carbocycles. The highest BCUT2D eigenvalue weighted by Gasteiger charge is 2.13. The maximum absolute atomic E-state index is 12.3. The Morgan fingerprint density at radius 2 is 2.00 bits per heavy atom. The van der Waals surface area contributed by atoms with Crippen molar-refractivity contribution in [2.75, 3.05) is 18.8 Å². The number of carbonyl (C=O) groups is 1. The lowest BCUT2D eigenvalue weighted by Gasteiger charge is -2.21. The lowest BCUT2D eigenvalue weighted by Crippen LogP contribution is -2.32. The first-order chi connectivity index (χ1) is 10.7. The molecule has 0 spiro atoms. The molecule has 2 heterocycles. The van der Waals surface area contributed by atoms with Crippen LogP contribution in [0.2, 0.25) is 0 Å². The van der Waals surface area contributed by atoms with Gasteiger partial charge in [0, 0.05) is 35.5 Å². The fourth-order valence-corrected chi connectivity index (χ4v) is 4.18. The Balaban J connectivity index is 1.93. The summed E-state index contributed by atoms with van der Waals surface area (Å²) >= 11 is 3.34. The molecule has 0 saturated carbocycles. The molecule has 0 unspecified atom stereocenters. The van der Waals surface area contributed by atoms with Crippen molar-refractivity contribution in [1.29, 1.82) is 0 Å². The highest BCUT2D eigenvalue weighted by molar-refractivity contribution is 7.99. The summed E-state index contributed by atoms with van der Waals surface area (Å²) in [7, 11) is 0. The van der Waals surface area contributed by atoms with E-state index < -0.39 is 0 Å². The number of amides is 1. The molecule has 0 bridgehead atoms. The van der Waals surface area contributed by atoms with E-state index in [4.69, 9.17) is 0 Å². The number of carbonyl (C=O) groups excluding carboxylic acids is 1. The highest BCUT2D eigenvalue weighted by atomic mass is 32.2. The molecule has 1 amide bonds. The summed E-state index contributed by atoms with van der Waals surface area (Å²) in [5.74, 6) is 1.02. The van der Waals surface area contributed by atoms with E-state index in [-0.39, 0.29) is 5.91 Å². The lowest BCUT2D eigenvalue weighted by atomic mass is 10.3. The third kappa shape index (κ3) is 4.43. The van der Waals surface area contributed by atoms with Crippen LogP contribution in [-0.4, -0.2) is 39.6 Å². The van der Waals surface area contributed by atoms with E-state index in [1.165, 1.54) is 4.88 Å². The second-order valence-electron chi connectivity index (χ2n) is 5.23. The highest BCUT2D eigenvalue weighted by Crippen LogP contribution is 2.30. The van der Waals surface area contributed by atoms with Gasteiger partial charge >= 0.3 is 0 Å². The summed E-state index contributed by atoms with van der Waals surface area (Å²) in [5, 5.41) is 2.10. The van der Waals surface area contributed by atoms with E-state index in [0.717, 1.165) is 46.9 Å². The van der Waals surface area contributed by atoms with Crippen molar-refractivity contribution in [3.8, 4) is 0 Å². The van der Waals surface area contributed by atoms with Crippen LogP contribution in [-0.2, 0) is 4.79 Å². The second-order valence-corrected chi connectivity index (χ2v) is 7.55. The zero-order chi connectivity index (χ0) is 15.9. The van der Waals surface area contributed by atoms with Crippen molar-refractivity contribution in [3.63, 3.8) is 0 Å². The minimum atomic E-state index is 0.253. The monoisotopic (exact) mass is 337 g/mol. The van der Waals surface area contributed by atoms with Crippen LogP contribution in [0.1, 0.15) is 38.0 Å². The van der Waals surface area contributed by atoms with E-state index in [2.05, 4.69) is 36.8 Å². The van der Waals surface area contributed by atoms with Crippen LogP contribution in [0, 0.1) is 6.92 Å². The Hall–Kier alpha value is -1.14. The molecule has 0 atom stereocenters. The first kappa shape index (κ1) is 17.2. The van der Waals surface area contributed by atoms with Gasteiger partial charge in [0.1, 0.15) is 16.2 Å². The van der Waals surface area contributed by atoms with Crippen molar-refractivity contribution in [3.05, 3.63) is 17.3 Å². The number of nitrogens with zero attached hydrogens (tertiary/aromatic N) is 3. The van der Waals surface area contributed by atoms with Gasteiger partial charge in [-0.1, -0.05) is 13.8 Å². The van der Waals surface area contributed by atoms with Gasteiger partial charge in [-0.2, -0.15) is 0 Å². The van der Waals surface area contributed by atoms with Gasteiger partial charge in [-0.15, -0.1) is 23.1 Å². The van der Waals surface area contributed by atoms with Crippen LogP contribution in [0.3, 0.4) is 0 Å². The molecule has 2 aromatic heterocycles. The Morgan fingerprint density at radius 1 is 1.27 bits per heavy atom. The molecule has 2 aromatic rings. The summed E-state index contributed by atoms with van der Waals surface area (Å²) in [5.41, 5.74) is 0.